The van der Waals surface area contributed by atoms with E-state index in [2.05, 4.69) is 11.8 Å². The number of carboxylic acids is 1. The third-order valence-corrected chi connectivity index (χ3v) is 10.6. The number of aliphatic carboxylic acids is 1. The van der Waals surface area contributed by atoms with Crippen LogP contribution in [0.1, 0.15) is 81.4 Å². The zero-order valence-corrected chi connectivity index (χ0v) is 34.1. The van der Waals surface area contributed by atoms with Gasteiger partial charge in [0.05, 0.1) is 49.4 Å². The molecule has 5 aromatic rings. The van der Waals surface area contributed by atoms with Gasteiger partial charge in [0.2, 0.25) is 0 Å². The maximum Gasteiger partial charge on any atom is 0.337 e. The van der Waals surface area contributed by atoms with Gasteiger partial charge in [0.1, 0.15) is 17.2 Å². The number of carbonyl (C=O) groups is 1. The molecule has 1 fully saturated rings. The summed E-state index contributed by atoms with van der Waals surface area (Å²) in [5.74, 6) is -0.0631. The zero-order chi connectivity index (χ0) is 40.2. The van der Waals surface area contributed by atoms with E-state index in [0.717, 1.165) is 68.9 Å². The van der Waals surface area contributed by atoms with Gasteiger partial charge in [-0.3, -0.25) is 4.40 Å². The Morgan fingerprint density at radius 3 is 2.34 bits per heavy atom. The summed E-state index contributed by atoms with van der Waals surface area (Å²) >= 11 is 0. The minimum atomic E-state index is -1.20. The largest absolute Gasteiger partial charge is 0.507 e. The lowest BCUT2D eigenvalue weighted by Gasteiger charge is -2.42. The van der Waals surface area contributed by atoms with E-state index >= 15 is 0 Å². The fourth-order valence-corrected chi connectivity index (χ4v) is 7.36. The van der Waals surface area contributed by atoms with Crippen LogP contribution in [0.5, 0.6) is 5.75 Å². The third kappa shape index (κ3) is 9.61. The van der Waals surface area contributed by atoms with Gasteiger partial charge in [0.15, 0.2) is 6.10 Å². The molecule has 1 aliphatic rings. The molecule has 0 radical (unpaired) electrons. The van der Waals surface area contributed by atoms with Crippen LogP contribution in [0.15, 0.2) is 79.0 Å². The highest BCUT2D eigenvalue weighted by atomic mass is 16.6. The first kappa shape index (κ1) is 40.9. The molecule has 3 heterocycles. The molecule has 56 heavy (non-hydrogen) atoms. The van der Waals surface area contributed by atoms with Crippen LogP contribution < -0.4 is 4.90 Å². The van der Waals surface area contributed by atoms with Crippen molar-refractivity contribution in [1.82, 2.24) is 9.38 Å². The van der Waals surface area contributed by atoms with E-state index in [9.17, 15) is 15.0 Å². The average Bonchev–Trinajstić information content (AvgIpc) is 3.61. The van der Waals surface area contributed by atoms with Crippen molar-refractivity contribution in [1.29, 1.82) is 0 Å². The average molecular weight is 764 g/mol. The number of pyridine rings is 1. The van der Waals surface area contributed by atoms with Gasteiger partial charge < -0.3 is 34.1 Å². The summed E-state index contributed by atoms with van der Waals surface area (Å²) in [6, 6.07) is 23.7. The summed E-state index contributed by atoms with van der Waals surface area (Å²) in [4.78, 5) is 20.5. The quantitative estimate of drug-likeness (QED) is 0.101. The first-order valence-corrected chi connectivity index (χ1v) is 19.6. The lowest BCUT2D eigenvalue weighted by atomic mass is 9.92. The SMILES string of the molecule is Cc1ccc(O)c(-c2cccc(-c3cn4c(N5CCC(C)(OCCOCC(C)OCc6ccccc6)CC5)c(C(OC(C)(C)C)C(=O)O)c(C)c(C)c4n3)c2)c1. The van der Waals surface area contributed by atoms with E-state index < -0.39 is 17.7 Å². The van der Waals surface area contributed by atoms with Crippen molar-refractivity contribution in [2.24, 2.45) is 0 Å². The second kappa shape index (κ2) is 17.2. The minimum Gasteiger partial charge on any atom is -0.507 e. The van der Waals surface area contributed by atoms with E-state index in [0.29, 0.717) is 45.1 Å². The number of benzene rings is 3. The second-order valence-corrected chi connectivity index (χ2v) is 16.3. The Hall–Kier alpha value is -4.74. The monoisotopic (exact) mass is 763 g/mol. The summed E-state index contributed by atoms with van der Waals surface area (Å²) in [6.07, 6.45) is 2.23. The number of piperidine rings is 1. The Balaban J connectivity index is 1.24. The minimum absolute atomic E-state index is 0.0379. The lowest BCUT2D eigenvalue weighted by Crippen LogP contribution is -2.46. The van der Waals surface area contributed by atoms with Crippen molar-refractivity contribution in [3.8, 4) is 28.1 Å². The topological polar surface area (TPSA) is 115 Å². The molecule has 10 heteroatoms. The number of hydrogen-bond acceptors (Lipinski definition) is 8. The third-order valence-electron chi connectivity index (χ3n) is 10.6. The van der Waals surface area contributed by atoms with Crippen LogP contribution in [0.4, 0.5) is 5.82 Å². The first-order valence-electron chi connectivity index (χ1n) is 19.6. The summed E-state index contributed by atoms with van der Waals surface area (Å²) in [6.45, 7) is 19.0. The number of fused-ring (bicyclic) bond motifs is 1. The fourth-order valence-electron chi connectivity index (χ4n) is 7.36. The normalized spacial score (nSPS) is 15.6. The molecular formula is C46H57N3O7. The summed E-state index contributed by atoms with van der Waals surface area (Å²) in [5.41, 5.74) is 7.47. The van der Waals surface area contributed by atoms with Gasteiger partial charge in [-0.2, -0.15) is 0 Å². The summed E-state index contributed by atoms with van der Waals surface area (Å²) < 4.78 is 26.7. The van der Waals surface area contributed by atoms with E-state index in [-0.39, 0.29) is 17.5 Å². The molecule has 0 amide bonds. The molecule has 1 aliphatic heterocycles. The van der Waals surface area contributed by atoms with Crippen LogP contribution >= 0.6 is 0 Å². The number of anilines is 1. The van der Waals surface area contributed by atoms with Crippen molar-refractivity contribution >= 4 is 17.4 Å². The molecule has 0 aliphatic carbocycles. The van der Waals surface area contributed by atoms with Crippen LogP contribution in [0, 0.1) is 20.8 Å². The molecule has 2 unspecified atom stereocenters. The highest BCUT2D eigenvalue weighted by Crippen LogP contribution is 2.41. The van der Waals surface area contributed by atoms with E-state index in [1.54, 1.807) is 6.07 Å². The summed E-state index contributed by atoms with van der Waals surface area (Å²) in [7, 11) is 0. The molecule has 0 bridgehead atoms. The number of hydrogen-bond donors (Lipinski definition) is 2. The Morgan fingerprint density at radius 1 is 0.929 bits per heavy atom. The van der Waals surface area contributed by atoms with Crippen molar-refractivity contribution in [3.05, 3.63) is 107 Å². The Bertz CT molecular complexity index is 2130. The predicted molar refractivity (Wildman–Crippen MR) is 220 cm³/mol. The number of aryl methyl sites for hydroxylation is 2. The van der Waals surface area contributed by atoms with Crippen LogP contribution in [0.2, 0.25) is 0 Å². The van der Waals surface area contributed by atoms with Crippen LogP contribution in [0.25, 0.3) is 28.0 Å². The first-order chi connectivity index (χ1) is 26.6. The number of aromatic nitrogens is 2. The maximum atomic E-state index is 13.1. The van der Waals surface area contributed by atoms with Crippen LogP contribution in [-0.4, -0.2) is 75.8 Å². The molecule has 2 aromatic heterocycles. The van der Waals surface area contributed by atoms with Gasteiger partial charge in [-0.25, -0.2) is 9.78 Å². The number of phenols is 1. The van der Waals surface area contributed by atoms with Crippen molar-refractivity contribution in [3.63, 3.8) is 0 Å². The number of phenolic OH excluding ortho intramolecular Hbond substituents is 1. The molecule has 0 saturated carbocycles. The number of ether oxygens (including phenoxy) is 4. The Morgan fingerprint density at radius 2 is 1.64 bits per heavy atom. The van der Waals surface area contributed by atoms with Gasteiger partial charge in [0, 0.05) is 36.0 Å². The molecule has 0 spiro atoms. The van der Waals surface area contributed by atoms with Gasteiger partial charge in [-0.1, -0.05) is 60.2 Å². The highest BCUT2D eigenvalue weighted by Gasteiger charge is 2.38. The van der Waals surface area contributed by atoms with E-state index in [4.69, 9.17) is 23.9 Å². The van der Waals surface area contributed by atoms with Crippen molar-refractivity contribution < 1.29 is 34.0 Å². The van der Waals surface area contributed by atoms with Crippen molar-refractivity contribution in [2.75, 3.05) is 37.8 Å². The highest BCUT2D eigenvalue weighted by molar-refractivity contribution is 5.81. The Labute approximate surface area is 331 Å². The number of rotatable bonds is 15. The zero-order valence-electron chi connectivity index (χ0n) is 34.1. The second-order valence-electron chi connectivity index (χ2n) is 16.3. The number of carboxylic acid groups (broad SMARTS) is 1. The molecule has 1 saturated heterocycles. The summed E-state index contributed by atoms with van der Waals surface area (Å²) in [5, 5.41) is 21.4. The van der Waals surface area contributed by atoms with Gasteiger partial charge >= 0.3 is 5.97 Å². The molecule has 10 nitrogen and oxygen atoms in total. The number of nitrogens with zero attached hydrogens (tertiary/aromatic N) is 3. The lowest BCUT2D eigenvalue weighted by molar-refractivity contribution is -0.160. The van der Waals surface area contributed by atoms with Crippen molar-refractivity contribution in [2.45, 2.75) is 98.2 Å². The van der Waals surface area contributed by atoms with Gasteiger partial charge in [0.25, 0.3) is 0 Å². The fraction of sp³-hybridized carbons (Fsp3) is 0.435. The molecule has 2 atom stereocenters. The number of aromatic hydroxyl groups is 1. The van der Waals surface area contributed by atoms with Gasteiger partial charge in [-0.15, -0.1) is 0 Å². The van der Waals surface area contributed by atoms with Crippen LogP contribution in [0.3, 0.4) is 0 Å². The molecular weight excluding hydrogens is 707 g/mol. The standard InChI is InChI=1S/C46H57N3O7/c1-30-17-18-39(50)37(25-30)35-15-12-16-36(26-35)38-27-49-42(47-38)33(4)32(3)40(41(44(51)52)56-45(5,6)7)43(49)48-21-19-46(8,20-22-48)55-24-23-53-28-31(2)54-29-34-13-10-9-11-14-34/h9-18,25-27,31,41,50H,19-24,28-29H2,1-8H3,(H,51,52). The van der Waals surface area contributed by atoms with E-state index in [1.807, 2.05) is 126 Å². The Kier molecular flexibility index (Phi) is 12.5. The molecule has 298 valence electrons. The van der Waals surface area contributed by atoms with Crippen LogP contribution in [-0.2, 0) is 30.3 Å². The molecule has 6 rings (SSSR count). The maximum absolute atomic E-state index is 13.1. The smallest absolute Gasteiger partial charge is 0.337 e. The predicted octanol–water partition coefficient (Wildman–Crippen LogP) is 9.24. The van der Waals surface area contributed by atoms with Gasteiger partial charge in [-0.05, 0) is 109 Å². The molecule has 3 aromatic carbocycles. The molecule has 2 N–H and O–H groups in total. The van der Waals surface area contributed by atoms with E-state index in [1.165, 1.54) is 0 Å². The number of imidazole rings is 1.